The molecule has 0 saturated carbocycles. The van der Waals surface area contributed by atoms with E-state index in [1.54, 1.807) is 0 Å². The molecule has 0 spiro atoms. The minimum Gasteiger partial charge on any atom is -0.103 e. The van der Waals surface area contributed by atoms with Crippen molar-refractivity contribution in [3.8, 4) is 0 Å². The second kappa shape index (κ2) is 8.54. The van der Waals surface area contributed by atoms with Crippen molar-refractivity contribution in [2.45, 2.75) is 38.5 Å². The van der Waals surface area contributed by atoms with Gasteiger partial charge in [-0.15, -0.1) is 6.58 Å². The van der Waals surface area contributed by atoms with Crippen molar-refractivity contribution < 1.29 is 0 Å². The average molecular weight is 290 g/mol. The zero-order valence-electron chi connectivity index (χ0n) is 8.32. The number of hydrogen-bond donors (Lipinski definition) is 0. The Morgan fingerprint density at radius 1 is 1.08 bits per heavy atom. The first-order valence-electron chi connectivity index (χ1n) is 4.77. The highest BCUT2D eigenvalue weighted by Crippen LogP contribution is 2.17. The normalized spacial score (nSPS) is 9.62. The van der Waals surface area contributed by atoms with E-state index in [0.29, 0.717) is 0 Å². The van der Waals surface area contributed by atoms with Crippen LogP contribution < -0.4 is 0 Å². The van der Waals surface area contributed by atoms with Crippen molar-refractivity contribution in [2.75, 3.05) is 0 Å². The third kappa shape index (κ3) is 9.87. The number of hydrogen-bond acceptors (Lipinski definition) is 0. The first kappa shape index (κ1) is 12.9. The largest absolute Gasteiger partial charge is 0.103 e. The Bertz CT molecular complexity index is 180. The molecule has 0 unspecified atom stereocenters. The van der Waals surface area contributed by atoms with Crippen molar-refractivity contribution >= 4 is 22.6 Å². The maximum absolute atomic E-state index is 4.06. The van der Waals surface area contributed by atoms with Gasteiger partial charge in [-0.1, -0.05) is 24.8 Å². The predicted molar refractivity (Wildman–Crippen MR) is 70.2 cm³/mol. The molecule has 0 aliphatic rings. The van der Waals surface area contributed by atoms with Crippen LogP contribution in [0.25, 0.3) is 0 Å². The molecule has 74 valence electrons. The zero-order valence-corrected chi connectivity index (χ0v) is 10.5. The van der Waals surface area contributed by atoms with E-state index in [0.717, 1.165) is 25.7 Å². The first-order chi connectivity index (χ1) is 6.16. The molecule has 0 aliphatic heterocycles. The second-order valence-electron chi connectivity index (χ2n) is 3.30. The quantitative estimate of drug-likeness (QED) is 0.334. The fourth-order valence-electron chi connectivity index (χ4n) is 1.15. The van der Waals surface area contributed by atoms with Gasteiger partial charge in [0, 0.05) is 0 Å². The van der Waals surface area contributed by atoms with Crippen molar-refractivity contribution in [3.05, 3.63) is 35.0 Å². The summed E-state index contributed by atoms with van der Waals surface area (Å²) in [5, 5.41) is 0. The monoisotopic (exact) mass is 290 g/mol. The predicted octanol–water partition coefficient (Wildman–Crippen LogP) is 5.02. The molecular weight excluding hydrogens is 271 g/mol. The Morgan fingerprint density at radius 3 is 2.23 bits per heavy atom. The van der Waals surface area contributed by atoms with Gasteiger partial charge in [0.25, 0.3) is 0 Å². The molecule has 0 aromatic carbocycles. The Kier molecular flexibility index (Phi) is 8.51. The van der Waals surface area contributed by atoms with Gasteiger partial charge in [-0.2, -0.15) is 0 Å². The maximum Gasteiger partial charge on any atom is -0.0166 e. The van der Waals surface area contributed by atoms with Crippen LogP contribution in [-0.2, 0) is 0 Å². The van der Waals surface area contributed by atoms with E-state index in [4.69, 9.17) is 0 Å². The topological polar surface area (TPSA) is 0 Å². The summed E-state index contributed by atoms with van der Waals surface area (Å²) >= 11 is 2.29. The van der Waals surface area contributed by atoms with Crippen LogP contribution >= 0.6 is 22.6 Å². The summed E-state index contributed by atoms with van der Waals surface area (Å²) in [6, 6.07) is 0. The molecule has 0 aromatic rings. The van der Waals surface area contributed by atoms with Crippen molar-refractivity contribution in [1.82, 2.24) is 0 Å². The molecule has 0 bridgehead atoms. The SMILES string of the molecule is C=CCCCC(=C)CCCC(=C)I. The van der Waals surface area contributed by atoms with Gasteiger partial charge in [-0.3, -0.25) is 0 Å². The summed E-state index contributed by atoms with van der Waals surface area (Å²) < 4.78 is 1.25. The average Bonchev–Trinajstić information content (AvgIpc) is 2.04. The van der Waals surface area contributed by atoms with Crippen LogP contribution in [0.1, 0.15) is 38.5 Å². The van der Waals surface area contributed by atoms with Gasteiger partial charge >= 0.3 is 0 Å². The second-order valence-corrected chi connectivity index (χ2v) is 4.83. The molecule has 0 amide bonds. The zero-order chi connectivity index (χ0) is 10.1. The lowest BCUT2D eigenvalue weighted by molar-refractivity contribution is 0.749. The maximum atomic E-state index is 4.06. The van der Waals surface area contributed by atoms with E-state index in [-0.39, 0.29) is 0 Å². The van der Waals surface area contributed by atoms with E-state index in [9.17, 15) is 0 Å². The fraction of sp³-hybridized carbons (Fsp3) is 0.500. The molecule has 1 heteroatoms. The van der Waals surface area contributed by atoms with E-state index in [1.165, 1.54) is 22.0 Å². The third-order valence-corrected chi connectivity index (χ3v) is 2.46. The Labute approximate surface area is 95.9 Å². The standard InChI is InChI=1S/C12H19I/c1-4-5-6-8-11(2)9-7-10-12(3)13/h4H,1-3,5-10H2. The van der Waals surface area contributed by atoms with Crippen LogP contribution in [0.15, 0.2) is 35.0 Å². The third-order valence-electron chi connectivity index (χ3n) is 1.92. The van der Waals surface area contributed by atoms with Crippen molar-refractivity contribution in [3.63, 3.8) is 0 Å². The highest BCUT2D eigenvalue weighted by atomic mass is 127. The molecule has 0 fully saturated rings. The molecule has 0 heterocycles. The number of halogens is 1. The minimum absolute atomic E-state index is 1.11. The van der Waals surface area contributed by atoms with Gasteiger partial charge in [0.2, 0.25) is 0 Å². The van der Waals surface area contributed by atoms with E-state index >= 15 is 0 Å². The summed E-state index contributed by atoms with van der Waals surface area (Å²) in [4.78, 5) is 0. The molecule has 0 aliphatic carbocycles. The van der Waals surface area contributed by atoms with Crippen molar-refractivity contribution in [1.29, 1.82) is 0 Å². The summed E-state index contributed by atoms with van der Waals surface area (Å²) in [5.41, 5.74) is 1.37. The van der Waals surface area contributed by atoms with Gasteiger partial charge in [-0.05, 0) is 64.7 Å². The summed E-state index contributed by atoms with van der Waals surface area (Å²) in [6.07, 6.45) is 8.92. The fourth-order valence-corrected chi connectivity index (χ4v) is 1.53. The van der Waals surface area contributed by atoms with Crippen LogP contribution in [0.3, 0.4) is 0 Å². The van der Waals surface area contributed by atoms with Crippen LogP contribution in [0.2, 0.25) is 0 Å². The molecule has 0 aromatic heterocycles. The molecular formula is C12H19I. The van der Waals surface area contributed by atoms with Crippen LogP contribution in [0.4, 0.5) is 0 Å². The Balaban J connectivity index is 3.30. The van der Waals surface area contributed by atoms with Gasteiger partial charge < -0.3 is 0 Å². The minimum atomic E-state index is 1.11. The van der Waals surface area contributed by atoms with Gasteiger partial charge in [0.15, 0.2) is 0 Å². The van der Waals surface area contributed by atoms with Gasteiger partial charge in [-0.25, -0.2) is 0 Å². The highest BCUT2D eigenvalue weighted by molar-refractivity contribution is 14.1. The molecule has 0 N–H and O–H groups in total. The summed E-state index contributed by atoms with van der Waals surface area (Å²) in [5.74, 6) is 0. The Hall–Kier alpha value is -0.0500. The van der Waals surface area contributed by atoms with Crippen molar-refractivity contribution in [2.24, 2.45) is 0 Å². The first-order valence-corrected chi connectivity index (χ1v) is 5.85. The molecule has 0 radical (unpaired) electrons. The van der Waals surface area contributed by atoms with Crippen LogP contribution in [0, 0.1) is 0 Å². The van der Waals surface area contributed by atoms with Crippen LogP contribution in [0.5, 0.6) is 0 Å². The lowest BCUT2D eigenvalue weighted by Crippen LogP contribution is -1.83. The smallest absolute Gasteiger partial charge is 0.0166 e. The molecule has 0 atom stereocenters. The van der Waals surface area contributed by atoms with E-state index in [1.807, 2.05) is 6.08 Å². The highest BCUT2D eigenvalue weighted by Gasteiger charge is 1.95. The number of rotatable bonds is 8. The summed E-state index contributed by atoms with van der Waals surface area (Å²) in [7, 11) is 0. The van der Waals surface area contributed by atoms with E-state index in [2.05, 4.69) is 42.3 Å². The number of unbranched alkanes of at least 4 members (excludes halogenated alkanes) is 1. The molecule has 0 rings (SSSR count). The summed E-state index contributed by atoms with van der Waals surface area (Å²) in [6.45, 7) is 11.6. The number of allylic oxidation sites excluding steroid dienone is 3. The lowest BCUT2D eigenvalue weighted by atomic mass is 10.0. The lowest BCUT2D eigenvalue weighted by Gasteiger charge is -2.03. The van der Waals surface area contributed by atoms with Gasteiger partial charge in [0.05, 0.1) is 0 Å². The molecule has 13 heavy (non-hydrogen) atoms. The molecule has 0 saturated heterocycles. The van der Waals surface area contributed by atoms with Crippen LogP contribution in [-0.4, -0.2) is 0 Å². The molecule has 0 nitrogen and oxygen atoms in total. The Morgan fingerprint density at radius 2 is 1.69 bits per heavy atom. The van der Waals surface area contributed by atoms with E-state index < -0.39 is 0 Å². The van der Waals surface area contributed by atoms with Gasteiger partial charge in [0.1, 0.15) is 0 Å².